The van der Waals surface area contributed by atoms with Gasteiger partial charge in [-0.1, -0.05) is 27.2 Å². The summed E-state index contributed by atoms with van der Waals surface area (Å²) in [5.41, 5.74) is 0.575. The Morgan fingerprint density at radius 2 is 1.94 bits per heavy atom. The maximum absolute atomic E-state index is 3.91. The van der Waals surface area contributed by atoms with E-state index in [4.69, 9.17) is 0 Å². The topological polar surface area (TPSA) is 12.0 Å². The van der Waals surface area contributed by atoms with E-state index in [0.29, 0.717) is 5.41 Å². The number of nitrogens with one attached hydrogen (secondary N) is 1. The second-order valence-electron chi connectivity index (χ2n) is 8.00. The number of hydrogen-bond acceptors (Lipinski definition) is 1. The third-order valence-electron chi connectivity index (χ3n) is 5.86. The summed E-state index contributed by atoms with van der Waals surface area (Å²) in [6.45, 7) is 8.62. The quantitative estimate of drug-likeness (QED) is 0.784. The molecule has 0 radical (unpaired) electrons. The van der Waals surface area contributed by atoms with Crippen LogP contribution in [-0.4, -0.2) is 12.6 Å². The van der Waals surface area contributed by atoms with Crippen LogP contribution in [-0.2, 0) is 0 Å². The molecule has 0 aromatic carbocycles. The van der Waals surface area contributed by atoms with Gasteiger partial charge in [0.05, 0.1) is 0 Å². The first-order chi connectivity index (χ1) is 8.03. The van der Waals surface area contributed by atoms with Gasteiger partial charge in [-0.15, -0.1) is 0 Å². The van der Waals surface area contributed by atoms with Crippen LogP contribution < -0.4 is 5.32 Å². The van der Waals surface area contributed by atoms with Crippen molar-refractivity contribution in [2.45, 2.75) is 65.3 Å². The van der Waals surface area contributed by atoms with Crippen LogP contribution in [0.5, 0.6) is 0 Å². The lowest BCUT2D eigenvalue weighted by molar-refractivity contribution is 0.291. The lowest BCUT2D eigenvalue weighted by Gasteiger charge is -2.26. The number of rotatable bonds is 3. The van der Waals surface area contributed by atoms with Crippen molar-refractivity contribution in [3.8, 4) is 0 Å². The third kappa shape index (κ3) is 2.41. The van der Waals surface area contributed by atoms with Crippen LogP contribution in [0.3, 0.4) is 0 Å². The molecule has 0 aromatic rings. The molecular formula is C16H29N. The summed E-state index contributed by atoms with van der Waals surface area (Å²) in [7, 11) is 0. The zero-order valence-electron chi connectivity index (χ0n) is 11.8. The van der Waals surface area contributed by atoms with Gasteiger partial charge in [-0.2, -0.15) is 0 Å². The minimum atomic E-state index is 0.575. The Morgan fingerprint density at radius 1 is 1.12 bits per heavy atom. The Kier molecular flexibility index (Phi) is 3.01. The summed E-state index contributed by atoms with van der Waals surface area (Å²) in [4.78, 5) is 0. The van der Waals surface area contributed by atoms with Gasteiger partial charge in [0.15, 0.2) is 0 Å². The van der Waals surface area contributed by atoms with Gasteiger partial charge in [-0.25, -0.2) is 0 Å². The normalized spacial score (nSPS) is 47.8. The first kappa shape index (κ1) is 12.0. The molecule has 3 rings (SSSR count). The van der Waals surface area contributed by atoms with Crippen LogP contribution in [0.15, 0.2) is 0 Å². The van der Waals surface area contributed by atoms with Gasteiger partial charge in [-0.05, 0) is 67.7 Å². The van der Waals surface area contributed by atoms with Crippen LogP contribution >= 0.6 is 0 Å². The average Bonchev–Trinajstić information content (AvgIpc) is 2.89. The number of hydrogen-bond donors (Lipinski definition) is 1. The standard InChI is InChI=1S/C16H29N/c1-11-8-16(2,3)9-15(11)17-10-14-7-12-4-5-13(14)6-12/h11-15,17H,4-10H2,1-3H3. The highest BCUT2D eigenvalue weighted by atomic mass is 14.9. The molecule has 5 unspecified atom stereocenters. The fourth-order valence-electron chi connectivity index (χ4n) is 5.10. The van der Waals surface area contributed by atoms with Gasteiger partial charge in [-0.3, -0.25) is 0 Å². The first-order valence-electron chi connectivity index (χ1n) is 7.77. The molecule has 1 nitrogen and oxygen atoms in total. The summed E-state index contributed by atoms with van der Waals surface area (Å²) in [6.07, 6.45) is 8.94. The highest BCUT2D eigenvalue weighted by Gasteiger charge is 2.41. The van der Waals surface area contributed by atoms with Gasteiger partial charge in [0.2, 0.25) is 0 Å². The molecule has 0 spiro atoms. The molecule has 1 heteroatoms. The molecule has 2 bridgehead atoms. The molecule has 3 aliphatic carbocycles. The van der Waals surface area contributed by atoms with Crippen molar-refractivity contribution in [3.05, 3.63) is 0 Å². The van der Waals surface area contributed by atoms with Crippen LogP contribution in [0.1, 0.15) is 59.3 Å². The summed E-state index contributed by atoms with van der Waals surface area (Å²) < 4.78 is 0. The molecule has 17 heavy (non-hydrogen) atoms. The van der Waals surface area contributed by atoms with Gasteiger partial charge < -0.3 is 5.32 Å². The predicted molar refractivity (Wildman–Crippen MR) is 72.9 cm³/mol. The van der Waals surface area contributed by atoms with E-state index in [1.807, 2.05) is 0 Å². The fraction of sp³-hybridized carbons (Fsp3) is 1.00. The predicted octanol–water partition coefficient (Wildman–Crippen LogP) is 3.84. The van der Waals surface area contributed by atoms with Crippen molar-refractivity contribution in [1.82, 2.24) is 5.32 Å². The van der Waals surface area contributed by atoms with Crippen LogP contribution in [0.25, 0.3) is 0 Å². The Balaban J connectivity index is 1.49. The monoisotopic (exact) mass is 235 g/mol. The van der Waals surface area contributed by atoms with E-state index >= 15 is 0 Å². The fourth-order valence-corrected chi connectivity index (χ4v) is 5.10. The van der Waals surface area contributed by atoms with Crippen LogP contribution in [0, 0.1) is 29.1 Å². The van der Waals surface area contributed by atoms with Crippen molar-refractivity contribution in [3.63, 3.8) is 0 Å². The summed E-state index contributed by atoms with van der Waals surface area (Å²) in [5.74, 6) is 4.08. The minimum absolute atomic E-state index is 0.575. The molecule has 3 aliphatic rings. The summed E-state index contributed by atoms with van der Waals surface area (Å²) in [5, 5.41) is 3.91. The average molecular weight is 235 g/mol. The first-order valence-corrected chi connectivity index (χ1v) is 7.77. The second-order valence-corrected chi connectivity index (χ2v) is 8.00. The van der Waals surface area contributed by atoms with Gasteiger partial charge in [0.1, 0.15) is 0 Å². The summed E-state index contributed by atoms with van der Waals surface area (Å²) >= 11 is 0. The Morgan fingerprint density at radius 3 is 2.47 bits per heavy atom. The second kappa shape index (κ2) is 4.26. The molecule has 3 fully saturated rings. The molecule has 0 heterocycles. The molecule has 0 aliphatic heterocycles. The van der Waals surface area contributed by atoms with Gasteiger partial charge >= 0.3 is 0 Å². The molecule has 3 saturated carbocycles. The maximum atomic E-state index is 3.91. The van der Waals surface area contributed by atoms with Gasteiger partial charge in [0, 0.05) is 6.04 Å². The molecule has 98 valence electrons. The molecule has 0 saturated heterocycles. The zero-order chi connectivity index (χ0) is 12.0. The highest BCUT2D eigenvalue weighted by Crippen LogP contribution is 2.48. The largest absolute Gasteiger partial charge is 0.313 e. The van der Waals surface area contributed by atoms with Gasteiger partial charge in [0.25, 0.3) is 0 Å². The van der Waals surface area contributed by atoms with E-state index in [0.717, 1.165) is 29.7 Å². The lowest BCUT2D eigenvalue weighted by atomic mass is 9.88. The van der Waals surface area contributed by atoms with Crippen LogP contribution in [0.2, 0.25) is 0 Å². The third-order valence-corrected chi connectivity index (χ3v) is 5.86. The Bertz CT molecular complexity index is 283. The van der Waals surface area contributed by atoms with E-state index in [1.54, 1.807) is 6.42 Å². The molecule has 0 aromatic heterocycles. The summed E-state index contributed by atoms with van der Waals surface area (Å²) in [6, 6.07) is 0.795. The van der Waals surface area contributed by atoms with E-state index in [1.165, 1.54) is 38.6 Å². The minimum Gasteiger partial charge on any atom is -0.313 e. The van der Waals surface area contributed by atoms with Crippen molar-refractivity contribution in [2.75, 3.05) is 6.54 Å². The molecular weight excluding hydrogens is 206 g/mol. The van der Waals surface area contributed by atoms with E-state index < -0.39 is 0 Å². The number of fused-ring (bicyclic) bond motifs is 2. The SMILES string of the molecule is CC1CC(C)(C)CC1NCC1CC2CCC1C2. The van der Waals surface area contributed by atoms with E-state index in [2.05, 4.69) is 26.1 Å². The van der Waals surface area contributed by atoms with Crippen molar-refractivity contribution < 1.29 is 0 Å². The maximum Gasteiger partial charge on any atom is 0.00980 e. The van der Waals surface area contributed by atoms with E-state index in [9.17, 15) is 0 Å². The smallest absolute Gasteiger partial charge is 0.00980 e. The van der Waals surface area contributed by atoms with Crippen molar-refractivity contribution in [1.29, 1.82) is 0 Å². The lowest BCUT2D eigenvalue weighted by Crippen LogP contribution is -2.36. The van der Waals surface area contributed by atoms with Crippen molar-refractivity contribution in [2.24, 2.45) is 29.1 Å². The van der Waals surface area contributed by atoms with Crippen molar-refractivity contribution >= 4 is 0 Å². The Labute approximate surface area is 107 Å². The van der Waals surface area contributed by atoms with Crippen LogP contribution in [0.4, 0.5) is 0 Å². The molecule has 1 N–H and O–H groups in total. The van der Waals surface area contributed by atoms with E-state index in [-0.39, 0.29) is 0 Å². The molecule has 5 atom stereocenters. The zero-order valence-corrected chi connectivity index (χ0v) is 11.8. The highest BCUT2D eigenvalue weighted by molar-refractivity contribution is 4.94. The molecule has 0 amide bonds. The Hall–Kier alpha value is -0.0400.